The van der Waals surface area contributed by atoms with Gasteiger partial charge in [-0.05, 0) is 36.4 Å². The molecule has 0 radical (unpaired) electrons. The Labute approximate surface area is 195 Å². The molecule has 1 spiro atoms. The van der Waals surface area contributed by atoms with E-state index in [4.69, 9.17) is 14.2 Å². The molecular formula is C28H19NO5. The number of carbonyl (C=O) groups excluding carboxylic acids is 2. The highest BCUT2D eigenvalue weighted by Gasteiger charge is 2.54. The minimum absolute atomic E-state index is 0.384. The van der Waals surface area contributed by atoms with Crippen LogP contribution in [-0.2, 0) is 15.1 Å². The number of ether oxygens (including phenoxy) is 3. The molecule has 0 unspecified atom stereocenters. The predicted octanol–water partition coefficient (Wildman–Crippen LogP) is 5.78. The molecule has 0 saturated heterocycles. The van der Waals surface area contributed by atoms with Crippen LogP contribution in [0, 0.1) is 0 Å². The molecule has 166 valence electrons. The van der Waals surface area contributed by atoms with Gasteiger partial charge < -0.3 is 19.5 Å². The van der Waals surface area contributed by atoms with E-state index in [9.17, 15) is 9.59 Å². The molecule has 0 amide bonds. The molecule has 2 aliphatic rings. The Morgan fingerprint density at radius 3 is 2.12 bits per heavy atom. The van der Waals surface area contributed by atoms with E-state index in [1.54, 1.807) is 30.3 Å². The molecule has 4 aromatic carbocycles. The topological polar surface area (TPSA) is 73.9 Å². The number of fused-ring (bicyclic) bond motifs is 6. The monoisotopic (exact) mass is 449 g/mol. The van der Waals surface area contributed by atoms with Crippen molar-refractivity contribution in [3.05, 3.63) is 119 Å². The van der Waals surface area contributed by atoms with Crippen molar-refractivity contribution in [1.82, 2.24) is 0 Å². The lowest BCUT2D eigenvalue weighted by Crippen LogP contribution is -2.33. The van der Waals surface area contributed by atoms with Crippen LogP contribution in [0.15, 0.2) is 91.0 Å². The van der Waals surface area contributed by atoms with E-state index in [1.807, 2.05) is 60.7 Å². The average Bonchev–Trinajstić information content (AvgIpc) is 3.18. The van der Waals surface area contributed by atoms with E-state index < -0.39 is 17.5 Å². The minimum atomic E-state index is -1.21. The highest BCUT2D eigenvalue weighted by Crippen LogP contribution is 2.57. The van der Waals surface area contributed by atoms with Crippen molar-refractivity contribution in [2.75, 3.05) is 12.4 Å². The molecule has 0 saturated carbocycles. The lowest BCUT2D eigenvalue weighted by Gasteiger charge is -2.37. The summed E-state index contributed by atoms with van der Waals surface area (Å²) in [4.78, 5) is 25.6. The number of nitrogens with one attached hydrogen (secondary N) is 1. The first kappa shape index (κ1) is 20.1. The van der Waals surface area contributed by atoms with Crippen molar-refractivity contribution >= 4 is 23.3 Å². The van der Waals surface area contributed by atoms with Crippen LogP contribution in [0.4, 0.5) is 11.4 Å². The zero-order valence-corrected chi connectivity index (χ0v) is 18.2. The maximum Gasteiger partial charge on any atom is 0.340 e. The first-order valence-electron chi connectivity index (χ1n) is 10.8. The van der Waals surface area contributed by atoms with Gasteiger partial charge in [-0.2, -0.15) is 0 Å². The van der Waals surface area contributed by atoms with Gasteiger partial charge in [0.2, 0.25) is 0 Å². The average molecular weight is 449 g/mol. The first-order valence-corrected chi connectivity index (χ1v) is 10.8. The third kappa shape index (κ3) is 2.75. The molecule has 0 aromatic heterocycles. The van der Waals surface area contributed by atoms with Crippen LogP contribution < -0.4 is 10.1 Å². The van der Waals surface area contributed by atoms with Crippen molar-refractivity contribution in [2.24, 2.45) is 0 Å². The van der Waals surface area contributed by atoms with Gasteiger partial charge >= 0.3 is 11.9 Å². The summed E-state index contributed by atoms with van der Waals surface area (Å²) in [6, 6.07) is 27.6. The lowest BCUT2D eigenvalue weighted by molar-refractivity contribution is 0.0225. The largest absolute Gasteiger partial charge is 0.465 e. The Bertz CT molecular complexity index is 1430. The smallest absolute Gasteiger partial charge is 0.340 e. The molecule has 0 bridgehead atoms. The van der Waals surface area contributed by atoms with E-state index in [0.29, 0.717) is 39.6 Å². The van der Waals surface area contributed by atoms with Crippen molar-refractivity contribution in [3.8, 4) is 11.5 Å². The van der Waals surface area contributed by atoms with Crippen LogP contribution in [0.2, 0.25) is 0 Å². The zero-order chi connectivity index (χ0) is 23.3. The molecule has 6 nitrogen and oxygen atoms in total. The van der Waals surface area contributed by atoms with E-state index >= 15 is 0 Å². The second kappa shape index (κ2) is 7.49. The molecular weight excluding hydrogens is 430 g/mol. The van der Waals surface area contributed by atoms with Crippen LogP contribution in [0.25, 0.3) is 0 Å². The highest BCUT2D eigenvalue weighted by atomic mass is 16.6. The Balaban J connectivity index is 1.62. The fourth-order valence-corrected chi connectivity index (χ4v) is 4.81. The molecule has 2 heterocycles. The predicted molar refractivity (Wildman–Crippen MR) is 126 cm³/mol. The van der Waals surface area contributed by atoms with Gasteiger partial charge in [0, 0.05) is 22.4 Å². The number of para-hydroxylation sites is 3. The Hall–Kier alpha value is -4.58. The van der Waals surface area contributed by atoms with Gasteiger partial charge in [0.15, 0.2) is 5.60 Å². The maximum atomic E-state index is 13.2. The fraction of sp³-hybridized carbons (Fsp3) is 0.0714. The van der Waals surface area contributed by atoms with Gasteiger partial charge in [-0.1, -0.05) is 54.6 Å². The van der Waals surface area contributed by atoms with Crippen molar-refractivity contribution in [1.29, 1.82) is 0 Å². The van der Waals surface area contributed by atoms with Crippen molar-refractivity contribution < 1.29 is 23.8 Å². The molecule has 1 N–H and O–H groups in total. The highest BCUT2D eigenvalue weighted by molar-refractivity contribution is 6.01. The number of methoxy groups -OCH3 is 1. The normalized spacial score (nSPS) is 14.3. The second-order valence-corrected chi connectivity index (χ2v) is 8.06. The van der Waals surface area contributed by atoms with Crippen LogP contribution in [0.1, 0.15) is 37.4 Å². The molecule has 0 aliphatic carbocycles. The maximum absolute atomic E-state index is 13.2. The van der Waals surface area contributed by atoms with Crippen molar-refractivity contribution in [3.63, 3.8) is 0 Å². The summed E-state index contributed by atoms with van der Waals surface area (Å²) in [5, 5.41) is 3.37. The molecule has 0 atom stereocenters. The van der Waals surface area contributed by atoms with Gasteiger partial charge in [-0.3, -0.25) is 0 Å². The lowest BCUT2D eigenvalue weighted by atomic mass is 9.77. The van der Waals surface area contributed by atoms with Crippen LogP contribution in [-0.4, -0.2) is 19.0 Å². The van der Waals surface area contributed by atoms with Crippen LogP contribution >= 0.6 is 0 Å². The molecule has 6 heteroatoms. The van der Waals surface area contributed by atoms with Crippen LogP contribution in [0.5, 0.6) is 11.5 Å². The quantitative estimate of drug-likeness (QED) is 0.400. The summed E-state index contributed by atoms with van der Waals surface area (Å²) in [6.07, 6.45) is 0. The molecule has 6 rings (SSSR count). The van der Waals surface area contributed by atoms with Gasteiger partial charge in [-0.15, -0.1) is 0 Å². The molecule has 4 aromatic rings. The molecule has 0 fully saturated rings. The van der Waals surface area contributed by atoms with E-state index in [0.717, 1.165) is 11.1 Å². The SMILES string of the molecule is COC(=O)c1ccccc1Nc1cccc2c1C1(OC2=O)c2ccccc2Oc2ccccc21. The summed E-state index contributed by atoms with van der Waals surface area (Å²) in [6.45, 7) is 0. The minimum Gasteiger partial charge on any atom is -0.465 e. The number of carbonyl (C=O) groups is 2. The number of hydrogen-bond acceptors (Lipinski definition) is 6. The van der Waals surface area contributed by atoms with E-state index in [-0.39, 0.29) is 0 Å². The van der Waals surface area contributed by atoms with Gasteiger partial charge in [0.25, 0.3) is 0 Å². The second-order valence-electron chi connectivity index (χ2n) is 8.06. The third-order valence-electron chi connectivity index (χ3n) is 6.24. The van der Waals surface area contributed by atoms with E-state index in [2.05, 4.69) is 5.32 Å². The van der Waals surface area contributed by atoms with Crippen molar-refractivity contribution in [2.45, 2.75) is 5.60 Å². The summed E-state index contributed by atoms with van der Waals surface area (Å²) in [5.74, 6) is 0.351. The number of rotatable bonds is 3. The standard InChI is InChI=1S/C28H19NO5/c1-32-26(30)17-9-2-5-13-21(17)29-22-14-8-10-18-25(22)28(34-27(18)31)19-11-3-6-15-23(19)33-24-16-7-4-12-20(24)28/h2-16,29H,1H3. The molecule has 34 heavy (non-hydrogen) atoms. The van der Waals surface area contributed by atoms with Gasteiger partial charge in [0.05, 0.1) is 23.9 Å². The Morgan fingerprint density at radius 2 is 1.41 bits per heavy atom. The first-order chi connectivity index (χ1) is 16.6. The summed E-state index contributed by atoms with van der Waals surface area (Å²) >= 11 is 0. The number of hydrogen-bond donors (Lipinski definition) is 1. The van der Waals surface area contributed by atoms with Gasteiger partial charge in [-0.25, -0.2) is 9.59 Å². The van der Waals surface area contributed by atoms with Gasteiger partial charge in [0.1, 0.15) is 11.5 Å². The van der Waals surface area contributed by atoms with Crippen LogP contribution in [0.3, 0.4) is 0 Å². The third-order valence-corrected chi connectivity index (χ3v) is 6.24. The summed E-state index contributed by atoms with van der Waals surface area (Å²) in [5.41, 5.74) is 2.97. The summed E-state index contributed by atoms with van der Waals surface area (Å²) in [7, 11) is 1.34. The molecule has 2 aliphatic heterocycles. The Morgan fingerprint density at radius 1 is 0.794 bits per heavy atom. The number of benzene rings is 4. The Kier molecular flexibility index (Phi) is 4.42. The number of esters is 2. The zero-order valence-electron chi connectivity index (χ0n) is 18.2. The fourth-order valence-electron chi connectivity index (χ4n) is 4.81. The number of anilines is 2. The van der Waals surface area contributed by atoms with E-state index in [1.165, 1.54) is 7.11 Å². The summed E-state index contributed by atoms with van der Waals surface area (Å²) < 4.78 is 17.4.